The number of carbonyl (C=O) groups is 3. The molecule has 0 aliphatic rings. The Labute approximate surface area is 99.1 Å². The number of primary amides is 1. The Kier molecular flexibility index (Phi) is 7.28. The fraction of sp³-hybridized carbons (Fsp3) is 0.667. The van der Waals surface area contributed by atoms with Crippen LogP contribution >= 0.6 is 11.6 Å². The van der Waals surface area contributed by atoms with Crippen molar-refractivity contribution in [2.45, 2.75) is 13.3 Å². The molecule has 0 rings (SSSR count). The van der Waals surface area contributed by atoms with Crippen LogP contribution in [0, 0.1) is 0 Å². The number of hydrogen-bond donors (Lipinski definition) is 2. The summed E-state index contributed by atoms with van der Waals surface area (Å²) in [5, 5.41) is 2.52. The van der Waals surface area contributed by atoms with E-state index in [1.807, 2.05) is 0 Å². The van der Waals surface area contributed by atoms with Gasteiger partial charge in [0.05, 0.1) is 0 Å². The monoisotopic (exact) mass is 249 g/mol. The van der Waals surface area contributed by atoms with E-state index < -0.39 is 5.91 Å². The third-order valence-corrected chi connectivity index (χ3v) is 2.13. The minimum Gasteiger partial charge on any atom is -0.369 e. The zero-order valence-electron chi connectivity index (χ0n) is 9.16. The predicted octanol–water partition coefficient (Wildman–Crippen LogP) is -0.935. The molecule has 0 atom stereocenters. The maximum Gasteiger partial charge on any atom is 0.234 e. The summed E-state index contributed by atoms with van der Waals surface area (Å²) < 4.78 is 0. The lowest BCUT2D eigenvalue weighted by Gasteiger charge is -2.20. The third kappa shape index (κ3) is 6.23. The molecule has 0 heterocycles. The number of hydrogen-bond acceptors (Lipinski definition) is 3. The van der Waals surface area contributed by atoms with Crippen molar-refractivity contribution in [2.24, 2.45) is 5.73 Å². The Hall–Kier alpha value is -1.30. The number of nitrogens with one attached hydrogen (secondary N) is 1. The maximum absolute atomic E-state index is 11.4. The molecule has 0 fully saturated rings. The lowest BCUT2D eigenvalue weighted by molar-refractivity contribution is -0.135. The van der Waals surface area contributed by atoms with Crippen molar-refractivity contribution in [1.29, 1.82) is 0 Å². The van der Waals surface area contributed by atoms with Crippen LogP contribution in [0.4, 0.5) is 0 Å². The number of nitrogens with zero attached hydrogens (tertiary/aromatic N) is 1. The van der Waals surface area contributed by atoms with Crippen molar-refractivity contribution in [3.8, 4) is 0 Å². The van der Waals surface area contributed by atoms with Crippen molar-refractivity contribution in [3.63, 3.8) is 0 Å². The molecule has 0 aromatic carbocycles. The number of carbonyl (C=O) groups excluding carboxylic acids is 3. The van der Waals surface area contributed by atoms with E-state index in [9.17, 15) is 14.4 Å². The van der Waals surface area contributed by atoms with Gasteiger partial charge in [-0.3, -0.25) is 14.4 Å². The molecule has 0 spiro atoms. The number of rotatable bonds is 7. The molecule has 3 N–H and O–H groups in total. The fourth-order valence-electron chi connectivity index (χ4n) is 1.10. The molecule has 16 heavy (non-hydrogen) atoms. The van der Waals surface area contributed by atoms with Gasteiger partial charge in [0.2, 0.25) is 17.7 Å². The molecule has 0 bridgehead atoms. The zero-order chi connectivity index (χ0) is 12.6. The summed E-state index contributed by atoms with van der Waals surface area (Å²) in [6, 6.07) is 0. The van der Waals surface area contributed by atoms with Crippen LogP contribution in [-0.4, -0.2) is 48.1 Å². The molecule has 0 unspecified atom stereocenters. The summed E-state index contributed by atoms with van der Waals surface area (Å²) in [6.45, 7) is 2.89. The van der Waals surface area contributed by atoms with Crippen LogP contribution in [0.3, 0.4) is 0 Å². The van der Waals surface area contributed by atoms with E-state index in [0.717, 1.165) is 0 Å². The number of amides is 3. The number of alkyl halides is 1. The van der Waals surface area contributed by atoms with Crippen LogP contribution in [0.1, 0.15) is 13.3 Å². The zero-order valence-corrected chi connectivity index (χ0v) is 9.92. The molecule has 6 nitrogen and oxygen atoms in total. The van der Waals surface area contributed by atoms with Gasteiger partial charge >= 0.3 is 0 Å². The molecule has 0 aliphatic carbocycles. The van der Waals surface area contributed by atoms with Crippen LogP contribution in [0.25, 0.3) is 0 Å². The Balaban J connectivity index is 3.95. The van der Waals surface area contributed by atoms with E-state index in [2.05, 4.69) is 5.32 Å². The fourth-order valence-corrected chi connectivity index (χ4v) is 1.19. The average Bonchev–Trinajstić information content (AvgIpc) is 2.22. The van der Waals surface area contributed by atoms with Gasteiger partial charge in [-0.05, 0) is 6.92 Å². The van der Waals surface area contributed by atoms with Crippen LogP contribution in [0.15, 0.2) is 0 Å². The highest BCUT2D eigenvalue weighted by atomic mass is 35.5. The van der Waals surface area contributed by atoms with Gasteiger partial charge < -0.3 is 16.0 Å². The predicted molar refractivity (Wildman–Crippen MR) is 59.8 cm³/mol. The lowest BCUT2D eigenvalue weighted by atomic mass is 10.3. The third-order valence-electron chi connectivity index (χ3n) is 1.89. The van der Waals surface area contributed by atoms with E-state index in [1.165, 1.54) is 4.90 Å². The molecule has 0 radical (unpaired) electrons. The Morgan fingerprint density at radius 2 is 2.00 bits per heavy atom. The summed E-state index contributed by atoms with van der Waals surface area (Å²) in [7, 11) is 0. The summed E-state index contributed by atoms with van der Waals surface area (Å²) in [4.78, 5) is 34.2. The minimum absolute atomic E-state index is 0.110. The standard InChI is InChI=1S/C9H16ClN3O3/c1-2-13(9(16)5-7(11)14)4-3-12-8(15)6-10/h2-6H2,1H3,(H2,11,14)(H,12,15). The quantitative estimate of drug-likeness (QED) is 0.451. The molecule has 0 aliphatic heterocycles. The second kappa shape index (κ2) is 7.92. The van der Waals surface area contributed by atoms with Gasteiger partial charge in [-0.1, -0.05) is 0 Å². The Morgan fingerprint density at radius 3 is 2.44 bits per heavy atom. The molecule has 0 saturated heterocycles. The second-order valence-corrected chi connectivity index (χ2v) is 3.37. The normalized spacial score (nSPS) is 9.62. The number of nitrogens with two attached hydrogens (primary N) is 1. The number of likely N-dealkylation sites (N-methyl/N-ethyl adjacent to an activating group) is 1. The van der Waals surface area contributed by atoms with Crippen molar-refractivity contribution in [2.75, 3.05) is 25.5 Å². The van der Waals surface area contributed by atoms with Crippen LogP contribution < -0.4 is 11.1 Å². The van der Waals surface area contributed by atoms with E-state index in [4.69, 9.17) is 17.3 Å². The van der Waals surface area contributed by atoms with Gasteiger partial charge in [0, 0.05) is 19.6 Å². The second-order valence-electron chi connectivity index (χ2n) is 3.10. The Bertz CT molecular complexity index is 271. The molecule has 0 aromatic rings. The minimum atomic E-state index is -0.659. The topological polar surface area (TPSA) is 92.5 Å². The van der Waals surface area contributed by atoms with E-state index in [1.54, 1.807) is 6.92 Å². The van der Waals surface area contributed by atoms with E-state index in [-0.39, 0.29) is 24.1 Å². The van der Waals surface area contributed by atoms with Gasteiger partial charge in [0.25, 0.3) is 0 Å². The van der Waals surface area contributed by atoms with E-state index >= 15 is 0 Å². The van der Waals surface area contributed by atoms with Crippen LogP contribution in [-0.2, 0) is 14.4 Å². The summed E-state index contributed by atoms with van der Waals surface area (Å²) >= 11 is 5.28. The van der Waals surface area contributed by atoms with Gasteiger partial charge in [0.1, 0.15) is 12.3 Å². The van der Waals surface area contributed by atoms with Crippen LogP contribution in [0.5, 0.6) is 0 Å². The first-order valence-corrected chi connectivity index (χ1v) is 5.43. The summed E-state index contributed by atoms with van der Waals surface area (Å²) in [5.41, 5.74) is 4.91. The van der Waals surface area contributed by atoms with Crippen LogP contribution in [0.2, 0.25) is 0 Å². The summed E-state index contributed by atoms with van der Waals surface area (Å²) in [6.07, 6.45) is -0.308. The van der Waals surface area contributed by atoms with Crippen molar-refractivity contribution in [3.05, 3.63) is 0 Å². The average molecular weight is 250 g/mol. The molecular weight excluding hydrogens is 234 g/mol. The molecule has 0 aromatic heterocycles. The van der Waals surface area contributed by atoms with Crippen molar-refractivity contribution >= 4 is 29.3 Å². The molecule has 0 saturated carbocycles. The van der Waals surface area contributed by atoms with E-state index in [0.29, 0.717) is 19.6 Å². The highest BCUT2D eigenvalue weighted by Gasteiger charge is 2.13. The van der Waals surface area contributed by atoms with Gasteiger partial charge in [0.15, 0.2) is 0 Å². The smallest absolute Gasteiger partial charge is 0.234 e. The highest BCUT2D eigenvalue weighted by Crippen LogP contribution is 1.93. The van der Waals surface area contributed by atoms with Crippen molar-refractivity contribution < 1.29 is 14.4 Å². The van der Waals surface area contributed by atoms with Gasteiger partial charge in [-0.25, -0.2) is 0 Å². The van der Waals surface area contributed by atoms with Gasteiger partial charge in [-0.2, -0.15) is 0 Å². The van der Waals surface area contributed by atoms with Gasteiger partial charge in [-0.15, -0.1) is 11.6 Å². The maximum atomic E-state index is 11.4. The molecular formula is C9H16ClN3O3. The molecule has 7 heteroatoms. The van der Waals surface area contributed by atoms with Crippen molar-refractivity contribution in [1.82, 2.24) is 10.2 Å². The number of halogens is 1. The highest BCUT2D eigenvalue weighted by molar-refractivity contribution is 6.27. The largest absolute Gasteiger partial charge is 0.369 e. The molecule has 3 amide bonds. The molecule has 92 valence electrons. The first-order chi connectivity index (χ1) is 7.51. The first-order valence-electron chi connectivity index (χ1n) is 4.90. The summed E-state index contributed by atoms with van der Waals surface area (Å²) in [5.74, 6) is -1.40. The SMILES string of the molecule is CCN(CCNC(=O)CCl)C(=O)CC(N)=O. The first kappa shape index (κ1) is 14.7. The lowest BCUT2D eigenvalue weighted by Crippen LogP contribution is -2.40. The Morgan fingerprint density at radius 1 is 1.38 bits per heavy atom.